The van der Waals surface area contributed by atoms with Crippen LogP contribution in [0.15, 0.2) is 23.1 Å². The van der Waals surface area contributed by atoms with E-state index in [2.05, 4.69) is 5.32 Å². The fraction of sp³-hybridized carbons (Fsp3) is 0.462. The molecule has 0 spiro atoms. The zero-order chi connectivity index (χ0) is 15.3. The molecule has 0 aromatic heterocycles. The van der Waals surface area contributed by atoms with Gasteiger partial charge in [0.25, 0.3) is 15.0 Å². The average molecular weight is 322 g/mol. The maximum atomic E-state index is 13.8. The van der Waals surface area contributed by atoms with Gasteiger partial charge in [-0.05, 0) is 31.0 Å². The van der Waals surface area contributed by atoms with Crippen LogP contribution in [0.1, 0.15) is 43.5 Å². The molecule has 0 aliphatic carbocycles. The van der Waals surface area contributed by atoms with Crippen LogP contribution in [0.5, 0.6) is 0 Å². The number of nitrogens with one attached hydrogen (secondary N) is 1. The molecule has 0 fully saturated rings. The molecule has 20 heavy (non-hydrogen) atoms. The first-order chi connectivity index (χ1) is 9.29. The van der Waals surface area contributed by atoms with Gasteiger partial charge in [0.2, 0.25) is 0 Å². The van der Waals surface area contributed by atoms with E-state index in [4.69, 9.17) is 10.7 Å². The molecular weight excluding hydrogens is 305 g/mol. The lowest BCUT2D eigenvalue weighted by Crippen LogP contribution is -2.34. The van der Waals surface area contributed by atoms with Crippen LogP contribution in [0.4, 0.5) is 4.39 Å². The number of carbonyl (C=O) groups is 1. The third-order valence-corrected chi connectivity index (χ3v) is 4.28. The SMILES string of the molecule is CCCC(CC)NC(=O)c1ccc(S(=O)(=O)Cl)cc1F. The Morgan fingerprint density at radius 1 is 1.40 bits per heavy atom. The molecule has 0 saturated carbocycles. The molecule has 0 aliphatic rings. The molecule has 0 saturated heterocycles. The second kappa shape index (κ2) is 7.04. The minimum absolute atomic E-state index is 0.0247. The van der Waals surface area contributed by atoms with Gasteiger partial charge in [0, 0.05) is 16.7 Å². The van der Waals surface area contributed by atoms with Gasteiger partial charge in [-0.25, -0.2) is 12.8 Å². The highest BCUT2D eigenvalue weighted by atomic mass is 35.7. The first-order valence-electron chi connectivity index (χ1n) is 6.34. The molecule has 0 heterocycles. The highest BCUT2D eigenvalue weighted by Gasteiger charge is 2.18. The van der Waals surface area contributed by atoms with Crippen LogP contribution in [0.3, 0.4) is 0 Å². The van der Waals surface area contributed by atoms with Gasteiger partial charge >= 0.3 is 0 Å². The van der Waals surface area contributed by atoms with Crippen molar-refractivity contribution in [3.8, 4) is 0 Å². The van der Waals surface area contributed by atoms with Crippen molar-refractivity contribution in [2.75, 3.05) is 0 Å². The molecule has 1 rings (SSSR count). The highest BCUT2D eigenvalue weighted by Crippen LogP contribution is 2.18. The van der Waals surface area contributed by atoms with E-state index in [1.165, 1.54) is 0 Å². The molecule has 1 atom stereocenters. The fourth-order valence-electron chi connectivity index (χ4n) is 1.82. The van der Waals surface area contributed by atoms with E-state index in [-0.39, 0.29) is 16.5 Å². The summed E-state index contributed by atoms with van der Waals surface area (Å²) in [6.07, 6.45) is 2.46. The van der Waals surface area contributed by atoms with Crippen molar-refractivity contribution in [1.29, 1.82) is 0 Å². The van der Waals surface area contributed by atoms with Crippen molar-refractivity contribution in [1.82, 2.24) is 5.32 Å². The van der Waals surface area contributed by atoms with Crippen LogP contribution in [-0.2, 0) is 9.05 Å². The summed E-state index contributed by atoms with van der Waals surface area (Å²) in [6.45, 7) is 3.93. The Balaban J connectivity index is 2.95. The number of amides is 1. The summed E-state index contributed by atoms with van der Waals surface area (Å²) in [5.41, 5.74) is -0.191. The summed E-state index contributed by atoms with van der Waals surface area (Å²) in [4.78, 5) is 11.6. The molecule has 1 amide bonds. The monoisotopic (exact) mass is 321 g/mol. The predicted molar refractivity (Wildman–Crippen MR) is 75.9 cm³/mol. The quantitative estimate of drug-likeness (QED) is 0.819. The minimum atomic E-state index is -4.00. The van der Waals surface area contributed by atoms with Crippen molar-refractivity contribution in [3.05, 3.63) is 29.6 Å². The lowest BCUT2D eigenvalue weighted by molar-refractivity contribution is 0.0929. The summed E-state index contributed by atoms with van der Waals surface area (Å²) in [7, 11) is 1.11. The number of benzene rings is 1. The molecule has 1 aromatic rings. The topological polar surface area (TPSA) is 63.2 Å². The zero-order valence-corrected chi connectivity index (χ0v) is 12.9. The molecule has 7 heteroatoms. The number of halogens is 2. The first-order valence-corrected chi connectivity index (χ1v) is 8.65. The van der Waals surface area contributed by atoms with Gasteiger partial charge < -0.3 is 5.32 Å². The number of hydrogen-bond acceptors (Lipinski definition) is 3. The minimum Gasteiger partial charge on any atom is -0.349 e. The van der Waals surface area contributed by atoms with E-state index in [1.807, 2.05) is 13.8 Å². The maximum Gasteiger partial charge on any atom is 0.261 e. The van der Waals surface area contributed by atoms with Crippen molar-refractivity contribution in [3.63, 3.8) is 0 Å². The van der Waals surface area contributed by atoms with Crippen LogP contribution in [0.25, 0.3) is 0 Å². The molecule has 1 unspecified atom stereocenters. The van der Waals surface area contributed by atoms with E-state index in [0.717, 1.165) is 37.5 Å². The molecule has 4 nitrogen and oxygen atoms in total. The van der Waals surface area contributed by atoms with Crippen LogP contribution in [-0.4, -0.2) is 20.4 Å². The Morgan fingerprint density at radius 3 is 2.50 bits per heavy atom. The van der Waals surface area contributed by atoms with E-state index in [0.29, 0.717) is 0 Å². The normalized spacial score (nSPS) is 13.0. The Morgan fingerprint density at radius 2 is 2.05 bits per heavy atom. The van der Waals surface area contributed by atoms with Gasteiger partial charge in [-0.15, -0.1) is 0 Å². The second-order valence-corrected chi connectivity index (χ2v) is 7.01. The van der Waals surface area contributed by atoms with Crippen LogP contribution >= 0.6 is 10.7 Å². The fourth-order valence-corrected chi connectivity index (χ4v) is 2.58. The van der Waals surface area contributed by atoms with E-state index in [1.54, 1.807) is 0 Å². The van der Waals surface area contributed by atoms with Crippen molar-refractivity contribution in [2.45, 2.75) is 44.0 Å². The Bertz CT molecular complexity index is 589. The second-order valence-electron chi connectivity index (χ2n) is 4.45. The van der Waals surface area contributed by atoms with Crippen LogP contribution in [0, 0.1) is 5.82 Å². The first kappa shape index (κ1) is 16.9. The molecule has 0 radical (unpaired) electrons. The zero-order valence-electron chi connectivity index (χ0n) is 11.3. The third kappa shape index (κ3) is 4.45. The Kier molecular flexibility index (Phi) is 5.95. The smallest absolute Gasteiger partial charge is 0.261 e. The van der Waals surface area contributed by atoms with Gasteiger partial charge in [-0.2, -0.15) is 0 Å². The molecule has 1 N–H and O–H groups in total. The van der Waals surface area contributed by atoms with Gasteiger partial charge in [-0.3, -0.25) is 4.79 Å². The van der Waals surface area contributed by atoms with Gasteiger partial charge in [0.1, 0.15) is 5.82 Å². The Labute approximate surface area is 122 Å². The maximum absolute atomic E-state index is 13.8. The largest absolute Gasteiger partial charge is 0.349 e. The van der Waals surface area contributed by atoms with Crippen molar-refractivity contribution in [2.24, 2.45) is 0 Å². The summed E-state index contributed by atoms with van der Waals surface area (Å²) < 4.78 is 35.9. The van der Waals surface area contributed by atoms with Crippen LogP contribution < -0.4 is 5.32 Å². The summed E-state index contributed by atoms with van der Waals surface area (Å²) in [5, 5.41) is 2.72. The number of carbonyl (C=O) groups excluding carboxylic acids is 1. The highest BCUT2D eigenvalue weighted by molar-refractivity contribution is 8.13. The third-order valence-electron chi connectivity index (χ3n) is 2.93. The van der Waals surface area contributed by atoms with Gasteiger partial charge in [0.15, 0.2) is 0 Å². The van der Waals surface area contributed by atoms with E-state index in [9.17, 15) is 17.6 Å². The lowest BCUT2D eigenvalue weighted by Gasteiger charge is -2.16. The van der Waals surface area contributed by atoms with Crippen LogP contribution in [0.2, 0.25) is 0 Å². The molecule has 1 aromatic carbocycles. The molecule has 112 valence electrons. The van der Waals surface area contributed by atoms with Crippen molar-refractivity contribution < 1.29 is 17.6 Å². The van der Waals surface area contributed by atoms with E-state index >= 15 is 0 Å². The van der Waals surface area contributed by atoms with Gasteiger partial charge in [-0.1, -0.05) is 20.3 Å². The molecule has 0 bridgehead atoms. The summed E-state index contributed by atoms with van der Waals surface area (Å²) in [6, 6.07) is 2.96. The predicted octanol–water partition coefficient (Wildman–Crippen LogP) is 3.06. The average Bonchev–Trinajstić information content (AvgIpc) is 2.36. The number of hydrogen-bond donors (Lipinski definition) is 1. The van der Waals surface area contributed by atoms with Gasteiger partial charge in [0.05, 0.1) is 10.5 Å². The van der Waals surface area contributed by atoms with E-state index < -0.39 is 20.8 Å². The lowest BCUT2D eigenvalue weighted by atomic mass is 10.1. The summed E-state index contributed by atoms with van der Waals surface area (Å²) >= 11 is 0. The van der Waals surface area contributed by atoms with Crippen molar-refractivity contribution >= 4 is 25.6 Å². The number of rotatable bonds is 6. The molecular formula is C13H17ClFNO3S. The summed E-state index contributed by atoms with van der Waals surface area (Å²) in [5.74, 6) is -1.46. The molecule has 0 aliphatic heterocycles. The Hall–Kier alpha value is -1.14. The standard InChI is InChI=1S/C13H17ClFNO3S/c1-3-5-9(4-2)16-13(17)11-7-6-10(8-12(11)15)20(14,18)19/h6-9H,3-5H2,1-2H3,(H,16,17).